The lowest BCUT2D eigenvalue weighted by molar-refractivity contribution is -0.118. The second-order valence-electron chi connectivity index (χ2n) is 11.2. The molecule has 4 aromatic rings. The molecule has 0 saturated heterocycles. The molecule has 4 nitrogen and oxygen atoms in total. The van der Waals surface area contributed by atoms with Crippen molar-refractivity contribution in [3.8, 4) is 21.7 Å². The summed E-state index contributed by atoms with van der Waals surface area (Å²) >= 11 is 3.67. The first-order valence-electron chi connectivity index (χ1n) is 14.3. The molecule has 1 saturated carbocycles. The molecule has 6 rings (SSSR count). The van der Waals surface area contributed by atoms with Crippen LogP contribution in [0.25, 0.3) is 31.9 Å². The Labute approximate surface area is 234 Å². The summed E-state index contributed by atoms with van der Waals surface area (Å²) in [5.41, 5.74) is 6.10. The lowest BCUT2D eigenvalue weighted by atomic mass is 9.89. The highest BCUT2D eigenvalue weighted by atomic mass is 32.1. The molecule has 0 bridgehead atoms. The van der Waals surface area contributed by atoms with E-state index in [4.69, 9.17) is 4.98 Å². The standard InChI is InChI=1S/C32H37N3OS2/c1-3-21(2)6-4-9-25(36)19-29-31(26-14-17-35(20-30(26)37-29)24-7-5-8-24)32-34-27-18-23(10-11-28(27)38-32)22-12-15-33-16-13-22/h10-13,15-16,18,21,24H,3-9,14,17,19-20H2,1-2H3/t21-/m0/s1. The van der Waals surface area contributed by atoms with E-state index in [0.717, 1.165) is 60.0 Å². The number of nitrogens with zero attached hydrogens (tertiary/aromatic N) is 3. The number of hydrogen-bond donors (Lipinski definition) is 0. The van der Waals surface area contributed by atoms with E-state index in [1.165, 1.54) is 51.3 Å². The number of aromatic nitrogens is 2. The number of carbonyl (C=O) groups excluding carboxylic acids is 1. The second-order valence-corrected chi connectivity index (χ2v) is 13.4. The maximum absolute atomic E-state index is 13.2. The molecule has 2 aliphatic rings. The van der Waals surface area contributed by atoms with Crippen LogP contribution >= 0.6 is 22.7 Å². The largest absolute Gasteiger partial charge is 0.299 e. The van der Waals surface area contributed by atoms with Crippen molar-refractivity contribution in [1.29, 1.82) is 0 Å². The van der Waals surface area contributed by atoms with E-state index in [1.807, 2.05) is 35.9 Å². The predicted octanol–water partition coefficient (Wildman–Crippen LogP) is 8.33. The molecule has 0 unspecified atom stereocenters. The van der Waals surface area contributed by atoms with Crippen LogP contribution in [0.15, 0.2) is 42.7 Å². The Morgan fingerprint density at radius 3 is 2.74 bits per heavy atom. The molecule has 0 amide bonds. The third kappa shape index (κ3) is 5.36. The van der Waals surface area contributed by atoms with Gasteiger partial charge in [0.15, 0.2) is 0 Å². The van der Waals surface area contributed by atoms with E-state index in [-0.39, 0.29) is 0 Å². The van der Waals surface area contributed by atoms with Crippen molar-refractivity contribution in [2.24, 2.45) is 5.92 Å². The number of Topliss-reactive ketones (excluding diaryl/α,β-unsaturated/α-hetero) is 1. The first kappa shape index (κ1) is 25.8. The fourth-order valence-electron chi connectivity index (χ4n) is 5.79. The smallest absolute Gasteiger partial charge is 0.138 e. The van der Waals surface area contributed by atoms with Gasteiger partial charge in [0.05, 0.1) is 10.2 Å². The number of ketones is 1. The molecule has 0 N–H and O–H groups in total. The molecule has 1 aromatic carbocycles. The second kappa shape index (κ2) is 11.4. The summed E-state index contributed by atoms with van der Waals surface area (Å²) in [4.78, 5) is 27.9. The minimum absolute atomic E-state index is 0.380. The van der Waals surface area contributed by atoms with Gasteiger partial charge in [-0.3, -0.25) is 14.7 Å². The van der Waals surface area contributed by atoms with Crippen LogP contribution in [0.1, 0.15) is 74.1 Å². The first-order chi connectivity index (χ1) is 18.6. The van der Waals surface area contributed by atoms with Crippen molar-refractivity contribution < 1.29 is 4.79 Å². The summed E-state index contributed by atoms with van der Waals surface area (Å²) in [6, 6.07) is 11.4. The zero-order valence-corrected chi connectivity index (χ0v) is 24.2. The van der Waals surface area contributed by atoms with Crippen molar-refractivity contribution in [3.63, 3.8) is 0 Å². The highest BCUT2D eigenvalue weighted by molar-refractivity contribution is 7.22. The Bertz CT molecular complexity index is 1420. The first-order valence-corrected chi connectivity index (χ1v) is 15.9. The Morgan fingerprint density at radius 1 is 1.13 bits per heavy atom. The highest BCUT2D eigenvalue weighted by Gasteiger charge is 2.32. The fraction of sp³-hybridized carbons (Fsp3) is 0.469. The molecule has 198 valence electrons. The molecular formula is C32H37N3OS2. The van der Waals surface area contributed by atoms with Crippen LogP contribution in [0.2, 0.25) is 0 Å². The van der Waals surface area contributed by atoms with Gasteiger partial charge in [-0.25, -0.2) is 4.98 Å². The molecule has 0 spiro atoms. The van der Waals surface area contributed by atoms with E-state index >= 15 is 0 Å². The van der Waals surface area contributed by atoms with Gasteiger partial charge in [0.2, 0.25) is 0 Å². The Kier molecular flexibility index (Phi) is 7.73. The monoisotopic (exact) mass is 543 g/mol. The van der Waals surface area contributed by atoms with Crippen molar-refractivity contribution in [2.75, 3.05) is 6.54 Å². The quantitative estimate of drug-likeness (QED) is 0.202. The summed E-state index contributed by atoms with van der Waals surface area (Å²) in [7, 11) is 0. The van der Waals surface area contributed by atoms with E-state index < -0.39 is 0 Å². The molecule has 1 atom stereocenters. The number of benzene rings is 1. The number of thiophene rings is 1. The molecule has 1 aliphatic carbocycles. The minimum atomic E-state index is 0.380. The average Bonchev–Trinajstić information content (AvgIpc) is 3.47. The SMILES string of the molecule is CC[C@H](C)CCCC(=O)Cc1sc2c(c1-c1nc3cc(-c4ccncc4)ccc3s1)CCN(C1CCC1)C2. The zero-order chi connectivity index (χ0) is 26.1. The van der Waals surface area contributed by atoms with Gasteiger partial charge in [-0.05, 0) is 72.6 Å². The zero-order valence-electron chi connectivity index (χ0n) is 22.5. The highest BCUT2D eigenvalue weighted by Crippen LogP contribution is 2.44. The molecule has 1 fully saturated rings. The topological polar surface area (TPSA) is 46.1 Å². The van der Waals surface area contributed by atoms with Gasteiger partial charge in [0, 0.05) is 59.7 Å². The summed E-state index contributed by atoms with van der Waals surface area (Å²) in [5, 5.41) is 1.09. The lowest BCUT2D eigenvalue weighted by Gasteiger charge is -2.39. The summed E-state index contributed by atoms with van der Waals surface area (Å²) in [5.74, 6) is 1.08. The van der Waals surface area contributed by atoms with Gasteiger partial charge in [0.1, 0.15) is 10.8 Å². The molecule has 1 aliphatic heterocycles. The normalized spacial score (nSPS) is 16.9. The Hall–Kier alpha value is -2.41. The van der Waals surface area contributed by atoms with E-state index in [1.54, 1.807) is 11.3 Å². The van der Waals surface area contributed by atoms with Gasteiger partial charge < -0.3 is 0 Å². The maximum atomic E-state index is 13.2. The van der Waals surface area contributed by atoms with E-state index in [2.05, 4.69) is 41.9 Å². The molecule has 38 heavy (non-hydrogen) atoms. The van der Waals surface area contributed by atoms with Crippen molar-refractivity contribution >= 4 is 38.7 Å². The third-order valence-electron chi connectivity index (χ3n) is 8.57. The lowest BCUT2D eigenvalue weighted by Crippen LogP contribution is -2.42. The average molecular weight is 544 g/mol. The predicted molar refractivity (Wildman–Crippen MR) is 160 cm³/mol. The van der Waals surface area contributed by atoms with Gasteiger partial charge >= 0.3 is 0 Å². The molecular weight excluding hydrogens is 507 g/mol. The molecule has 6 heteroatoms. The fourth-order valence-corrected chi connectivity index (χ4v) is 8.31. The van der Waals surface area contributed by atoms with Gasteiger partial charge in [-0.15, -0.1) is 22.7 Å². The number of hydrogen-bond acceptors (Lipinski definition) is 6. The van der Waals surface area contributed by atoms with Crippen molar-refractivity contribution in [3.05, 3.63) is 58.0 Å². The molecule has 0 radical (unpaired) electrons. The number of fused-ring (bicyclic) bond motifs is 2. The van der Waals surface area contributed by atoms with E-state index in [9.17, 15) is 4.79 Å². The minimum Gasteiger partial charge on any atom is -0.299 e. The Morgan fingerprint density at radius 2 is 1.97 bits per heavy atom. The summed E-state index contributed by atoms with van der Waals surface area (Å²) in [6.45, 7) is 6.69. The Balaban J connectivity index is 1.31. The maximum Gasteiger partial charge on any atom is 0.138 e. The number of thiazole rings is 1. The van der Waals surface area contributed by atoms with Crippen molar-refractivity contribution in [1.82, 2.24) is 14.9 Å². The van der Waals surface area contributed by atoms with Gasteiger partial charge in [-0.1, -0.05) is 39.2 Å². The molecule has 3 aromatic heterocycles. The van der Waals surface area contributed by atoms with Crippen molar-refractivity contribution in [2.45, 2.75) is 84.2 Å². The number of rotatable bonds is 10. The van der Waals surface area contributed by atoms with Crippen LogP contribution in [0.3, 0.4) is 0 Å². The van der Waals surface area contributed by atoms with Gasteiger partial charge in [-0.2, -0.15) is 0 Å². The van der Waals surface area contributed by atoms with Crippen LogP contribution in [0.4, 0.5) is 0 Å². The summed E-state index contributed by atoms with van der Waals surface area (Å²) in [6.07, 6.45) is 13.4. The summed E-state index contributed by atoms with van der Waals surface area (Å²) < 4.78 is 1.20. The van der Waals surface area contributed by atoms with Crippen LogP contribution in [0.5, 0.6) is 0 Å². The van der Waals surface area contributed by atoms with Crippen LogP contribution in [-0.4, -0.2) is 33.2 Å². The van der Waals surface area contributed by atoms with Crippen LogP contribution < -0.4 is 0 Å². The number of pyridine rings is 1. The van der Waals surface area contributed by atoms with Crippen LogP contribution in [-0.2, 0) is 24.2 Å². The van der Waals surface area contributed by atoms with E-state index in [0.29, 0.717) is 24.5 Å². The molecule has 4 heterocycles. The van der Waals surface area contributed by atoms with Gasteiger partial charge in [0.25, 0.3) is 0 Å². The number of carbonyl (C=O) groups is 1. The third-order valence-corrected chi connectivity index (χ3v) is 10.8. The van der Waals surface area contributed by atoms with Crippen LogP contribution in [0, 0.1) is 5.92 Å².